The smallest absolute Gasteiger partial charge is 0.191 e. The maximum absolute atomic E-state index is 5.41. The monoisotopic (exact) mass is 389 g/mol. The van der Waals surface area contributed by atoms with Crippen LogP contribution in [-0.4, -0.2) is 48.1 Å². The van der Waals surface area contributed by atoms with Crippen molar-refractivity contribution in [3.8, 4) is 0 Å². The van der Waals surface area contributed by atoms with Gasteiger partial charge < -0.3 is 15.1 Å². The summed E-state index contributed by atoms with van der Waals surface area (Å²) < 4.78 is 5.41. The molecule has 0 aromatic carbocycles. The normalized spacial score (nSPS) is 18.1. The highest BCUT2D eigenvalue weighted by molar-refractivity contribution is 7.11. The van der Waals surface area contributed by atoms with Gasteiger partial charge in [-0.3, -0.25) is 4.90 Å². The van der Waals surface area contributed by atoms with Gasteiger partial charge in [0.25, 0.3) is 0 Å². The fourth-order valence-corrected chi connectivity index (χ4v) is 4.21. The molecule has 0 aliphatic carbocycles. The number of guanidine groups is 1. The number of aliphatic imine (C=N–C) groups is 1. The van der Waals surface area contributed by atoms with Crippen molar-refractivity contribution >= 4 is 17.3 Å². The zero-order valence-electron chi connectivity index (χ0n) is 16.4. The van der Waals surface area contributed by atoms with Crippen LogP contribution in [0.3, 0.4) is 0 Å². The molecule has 0 amide bonds. The number of thiazole rings is 1. The molecule has 1 aliphatic rings. The van der Waals surface area contributed by atoms with Crippen molar-refractivity contribution in [2.75, 3.05) is 26.2 Å². The average Bonchev–Trinajstić information content (AvgIpc) is 3.45. The van der Waals surface area contributed by atoms with Crippen molar-refractivity contribution < 1.29 is 4.42 Å². The second-order valence-electron chi connectivity index (χ2n) is 6.80. The first-order valence-corrected chi connectivity index (χ1v) is 10.8. The third kappa shape index (κ3) is 6.07. The molecule has 1 fully saturated rings. The van der Waals surface area contributed by atoms with E-state index in [0.717, 1.165) is 49.2 Å². The average molecular weight is 390 g/mol. The lowest BCUT2D eigenvalue weighted by Gasteiger charge is -2.24. The van der Waals surface area contributed by atoms with E-state index in [0.29, 0.717) is 12.6 Å². The van der Waals surface area contributed by atoms with Gasteiger partial charge in [-0.15, -0.1) is 11.3 Å². The quantitative estimate of drug-likeness (QED) is 0.510. The Balaban J connectivity index is 1.55. The van der Waals surface area contributed by atoms with E-state index in [1.54, 1.807) is 17.6 Å². The molecular weight excluding hydrogens is 358 g/mol. The number of aryl methyl sites for hydroxylation is 1. The van der Waals surface area contributed by atoms with Gasteiger partial charge in [-0.25, -0.2) is 9.98 Å². The van der Waals surface area contributed by atoms with Crippen LogP contribution in [0.4, 0.5) is 0 Å². The van der Waals surface area contributed by atoms with Crippen molar-refractivity contribution in [2.45, 2.75) is 52.1 Å². The minimum atomic E-state index is 0.596. The molecule has 1 aliphatic heterocycles. The van der Waals surface area contributed by atoms with E-state index in [-0.39, 0.29) is 0 Å². The maximum Gasteiger partial charge on any atom is 0.191 e. The van der Waals surface area contributed by atoms with Crippen LogP contribution in [0.5, 0.6) is 0 Å². The lowest BCUT2D eigenvalue weighted by molar-refractivity contribution is 0.267. The summed E-state index contributed by atoms with van der Waals surface area (Å²) in [5.74, 6) is 1.85. The predicted molar refractivity (Wildman–Crippen MR) is 111 cm³/mol. The Morgan fingerprint density at radius 2 is 2.33 bits per heavy atom. The summed E-state index contributed by atoms with van der Waals surface area (Å²) in [6.07, 6.45) is 8.10. The summed E-state index contributed by atoms with van der Waals surface area (Å²) in [6.45, 7) is 9.05. The number of hydrogen-bond donors (Lipinski definition) is 2. The van der Waals surface area contributed by atoms with Gasteiger partial charge in [-0.2, -0.15) is 0 Å². The van der Waals surface area contributed by atoms with Gasteiger partial charge in [-0.1, -0.05) is 13.8 Å². The van der Waals surface area contributed by atoms with Crippen LogP contribution < -0.4 is 10.6 Å². The SMILES string of the molecule is CCc1cnc(CN=C(NCCc2ccco2)NCC2CCCN2CC)s1. The number of nitrogens with one attached hydrogen (secondary N) is 2. The van der Waals surface area contributed by atoms with Gasteiger partial charge in [-0.05, 0) is 44.5 Å². The van der Waals surface area contributed by atoms with Gasteiger partial charge in [0.2, 0.25) is 0 Å². The Morgan fingerprint density at radius 1 is 1.41 bits per heavy atom. The fraction of sp³-hybridized carbons (Fsp3) is 0.600. The Labute approximate surface area is 166 Å². The highest BCUT2D eigenvalue weighted by Crippen LogP contribution is 2.16. The molecule has 1 unspecified atom stereocenters. The minimum Gasteiger partial charge on any atom is -0.469 e. The number of likely N-dealkylation sites (tertiary alicyclic amines) is 1. The second-order valence-corrected chi connectivity index (χ2v) is 8.00. The van der Waals surface area contributed by atoms with Gasteiger partial charge in [0, 0.05) is 36.6 Å². The fourth-order valence-electron chi connectivity index (χ4n) is 3.42. The molecule has 7 heteroatoms. The largest absolute Gasteiger partial charge is 0.469 e. The van der Waals surface area contributed by atoms with Crippen molar-refractivity contribution in [3.05, 3.63) is 40.2 Å². The number of rotatable bonds is 9. The Hall–Kier alpha value is -1.86. The van der Waals surface area contributed by atoms with Crippen molar-refractivity contribution in [3.63, 3.8) is 0 Å². The van der Waals surface area contributed by atoms with Crippen LogP contribution >= 0.6 is 11.3 Å². The number of furan rings is 1. The first kappa shape index (κ1) is 19.9. The van der Waals surface area contributed by atoms with Crippen LogP contribution in [0.15, 0.2) is 34.0 Å². The predicted octanol–water partition coefficient (Wildman–Crippen LogP) is 3.06. The van der Waals surface area contributed by atoms with Crippen LogP contribution in [0.25, 0.3) is 0 Å². The summed E-state index contributed by atoms with van der Waals surface area (Å²) >= 11 is 1.75. The van der Waals surface area contributed by atoms with Crippen LogP contribution in [0.1, 0.15) is 42.3 Å². The number of likely N-dealkylation sites (N-methyl/N-ethyl adjacent to an activating group) is 1. The molecule has 1 atom stereocenters. The molecule has 6 nitrogen and oxygen atoms in total. The van der Waals surface area contributed by atoms with E-state index in [4.69, 9.17) is 9.41 Å². The summed E-state index contributed by atoms with van der Waals surface area (Å²) in [6, 6.07) is 4.53. The van der Waals surface area contributed by atoms with Crippen molar-refractivity contribution in [2.24, 2.45) is 4.99 Å². The first-order valence-electron chi connectivity index (χ1n) is 10.0. The number of aromatic nitrogens is 1. The number of nitrogens with zero attached hydrogens (tertiary/aromatic N) is 3. The van der Waals surface area contributed by atoms with Gasteiger partial charge in [0.1, 0.15) is 10.8 Å². The van der Waals surface area contributed by atoms with Crippen LogP contribution in [-0.2, 0) is 19.4 Å². The lowest BCUT2D eigenvalue weighted by atomic mass is 10.2. The van der Waals surface area contributed by atoms with E-state index in [9.17, 15) is 0 Å². The molecule has 148 valence electrons. The summed E-state index contributed by atoms with van der Waals surface area (Å²) in [7, 11) is 0. The van der Waals surface area contributed by atoms with E-state index >= 15 is 0 Å². The molecule has 27 heavy (non-hydrogen) atoms. The van der Waals surface area contributed by atoms with E-state index in [2.05, 4.69) is 34.4 Å². The molecule has 0 bridgehead atoms. The topological polar surface area (TPSA) is 65.7 Å². The molecule has 2 aromatic heterocycles. The highest BCUT2D eigenvalue weighted by Gasteiger charge is 2.22. The first-order chi connectivity index (χ1) is 13.3. The summed E-state index contributed by atoms with van der Waals surface area (Å²) in [5.41, 5.74) is 0. The van der Waals surface area contributed by atoms with Gasteiger partial charge in [0.15, 0.2) is 5.96 Å². The molecule has 3 rings (SSSR count). The Kier molecular flexibility index (Phi) is 7.71. The Morgan fingerprint density at radius 3 is 3.07 bits per heavy atom. The van der Waals surface area contributed by atoms with Crippen molar-refractivity contribution in [1.82, 2.24) is 20.5 Å². The highest BCUT2D eigenvalue weighted by atomic mass is 32.1. The van der Waals surface area contributed by atoms with E-state index in [1.807, 2.05) is 18.3 Å². The summed E-state index contributed by atoms with van der Waals surface area (Å²) in [4.78, 5) is 13.1. The molecule has 0 saturated carbocycles. The molecule has 2 N–H and O–H groups in total. The molecule has 0 radical (unpaired) electrons. The van der Waals surface area contributed by atoms with Crippen LogP contribution in [0, 0.1) is 0 Å². The van der Waals surface area contributed by atoms with Gasteiger partial charge in [0.05, 0.1) is 12.8 Å². The molecular formula is C20H31N5OS. The minimum absolute atomic E-state index is 0.596. The zero-order valence-corrected chi connectivity index (χ0v) is 17.2. The zero-order chi connectivity index (χ0) is 18.9. The van der Waals surface area contributed by atoms with Crippen LogP contribution in [0.2, 0.25) is 0 Å². The number of hydrogen-bond acceptors (Lipinski definition) is 5. The van der Waals surface area contributed by atoms with Gasteiger partial charge >= 0.3 is 0 Å². The molecule has 3 heterocycles. The molecule has 1 saturated heterocycles. The third-order valence-electron chi connectivity index (χ3n) is 4.98. The lowest BCUT2D eigenvalue weighted by Crippen LogP contribution is -2.45. The third-order valence-corrected chi connectivity index (χ3v) is 6.10. The van der Waals surface area contributed by atoms with E-state index < -0.39 is 0 Å². The maximum atomic E-state index is 5.41. The standard InChI is InChI=1S/C20H31N5OS/c1-3-18-14-22-19(27-18)15-24-20(21-10-9-17-8-6-12-26-17)23-13-16-7-5-11-25(16)4-2/h6,8,12,14,16H,3-5,7,9-11,13,15H2,1-2H3,(H2,21,23,24). The Bertz CT molecular complexity index is 697. The molecule has 2 aromatic rings. The summed E-state index contributed by atoms with van der Waals surface area (Å²) in [5, 5.41) is 8.05. The second kappa shape index (κ2) is 10.5. The van der Waals surface area contributed by atoms with E-state index in [1.165, 1.54) is 24.3 Å². The van der Waals surface area contributed by atoms with Crippen molar-refractivity contribution in [1.29, 1.82) is 0 Å². The molecule has 0 spiro atoms.